The Kier molecular flexibility index (Phi) is 2.19. The number of nitrogens with zero attached hydrogens (tertiary/aromatic N) is 1. The van der Waals surface area contributed by atoms with E-state index in [0.29, 0.717) is 23.1 Å². The Bertz CT molecular complexity index is 580. The van der Waals surface area contributed by atoms with Crippen molar-refractivity contribution >= 4 is 11.1 Å². The third kappa shape index (κ3) is 1.38. The number of aromatic nitrogens is 1. The van der Waals surface area contributed by atoms with E-state index in [4.69, 9.17) is 4.42 Å². The van der Waals surface area contributed by atoms with E-state index in [0.717, 1.165) is 0 Å². The van der Waals surface area contributed by atoms with Gasteiger partial charge in [-0.15, -0.1) is 6.58 Å². The second-order valence-electron chi connectivity index (χ2n) is 3.29. The van der Waals surface area contributed by atoms with Gasteiger partial charge in [0.15, 0.2) is 5.58 Å². The van der Waals surface area contributed by atoms with E-state index in [9.17, 15) is 9.18 Å². The highest BCUT2D eigenvalue weighted by Crippen LogP contribution is 2.21. The minimum Gasteiger partial charge on any atom is -0.408 e. The first-order valence-electron chi connectivity index (χ1n) is 4.53. The summed E-state index contributed by atoms with van der Waals surface area (Å²) in [6, 6.07) is 2.75. The van der Waals surface area contributed by atoms with E-state index in [2.05, 4.69) is 6.58 Å². The lowest BCUT2D eigenvalue weighted by atomic mass is 10.1. The lowest BCUT2D eigenvalue weighted by molar-refractivity contribution is 0.528. The van der Waals surface area contributed by atoms with Gasteiger partial charge in [-0.3, -0.25) is 4.57 Å². The molecule has 0 aliphatic rings. The lowest BCUT2D eigenvalue weighted by Crippen LogP contribution is -2.09. The molecule has 2 rings (SSSR count). The van der Waals surface area contributed by atoms with Crippen molar-refractivity contribution in [3.63, 3.8) is 0 Å². The summed E-state index contributed by atoms with van der Waals surface area (Å²) in [6.07, 6.45) is 1.96. The van der Waals surface area contributed by atoms with Gasteiger partial charge in [-0.2, -0.15) is 0 Å². The molecule has 0 fully saturated rings. The van der Waals surface area contributed by atoms with Gasteiger partial charge >= 0.3 is 5.76 Å². The van der Waals surface area contributed by atoms with Gasteiger partial charge in [0.1, 0.15) is 5.82 Å². The van der Waals surface area contributed by atoms with Crippen molar-refractivity contribution in [2.75, 3.05) is 0 Å². The molecule has 0 aliphatic heterocycles. The zero-order valence-electron chi connectivity index (χ0n) is 8.29. The smallest absolute Gasteiger partial charge is 0.408 e. The first-order chi connectivity index (χ1) is 7.15. The van der Waals surface area contributed by atoms with E-state index < -0.39 is 5.76 Å². The van der Waals surface area contributed by atoms with Gasteiger partial charge in [0, 0.05) is 12.6 Å². The van der Waals surface area contributed by atoms with Crippen molar-refractivity contribution in [2.24, 2.45) is 7.05 Å². The highest BCUT2D eigenvalue weighted by Gasteiger charge is 2.13. The number of hydrogen-bond donors (Lipinski definition) is 0. The van der Waals surface area contributed by atoms with Crippen LogP contribution in [0.25, 0.3) is 11.1 Å². The summed E-state index contributed by atoms with van der Waals surface area (Å²) in [7, 11) is 1.56. The van der Waals surface area contributed by atoms with Gasteiger partial charge in [-0.05, 0) is 18.6 Å². The second kappa shape index (κ2) is 3.38. The average molecular weight is 207 g/mol. The van der Waals surface area contributed by atoms with Crippen molar-refractivity contribution < 1.29 is 8.81 Å². The maximum atomic E-state index is 13.5. The predicted molar refractivity (Wildman–Crippen MR) is 55.3 cm³/mol. The van der Waals surface area contributed by atoms with E-state index in [-0.39, 0.29) is 5.82 Å². The summed E-state index contributed by atoms with van der Waals surface area (Å²) in [5, 5.41) is 0. The fourth-order valence-corrected chi connectivity index (χ4v) is 1.63. The Balaban J connectivity index is 2.90. The molecule has 0 saturated carbocycles. The Labute approximate surface area is 85.4 Å². The number of allylic oxidation sites excluding steroid dienone is 1. The third-order valence-corrected chi connectivity index (χ3v) is 2.34. The SMILES string of the molecule is C=CCc1c(F)ccc2oc(=O)n(C)c12. The van der Waals surface area contributed by atoms with Crippen LogP contribution in [0, 0.1) is 5.82 Å². The quantitative estimate of drug-likeness (QED) is 0.706. The maximum absolute atomic E-state index is 13.5. The largest absolute Gasteiger partial charge is 0.419 e. The number of aryl methyl sites for hydroxylation is 1. The molecule has 1 aromatic carbocycles. The van der Waals surface area contributed by atoms with Crippen LogP contribution >= 0.6 is 0 Å². The summed E-state index contributed by atoms with van der Waals surface area (Å²) in [5.41, 5.74) is 1.34. The molecule has 0 unspecified atom stereocenters. The summed E-state index contributed by atoms with van der Waals surface area (Å²) < 4.78 is 19.7. The summed E-state index contributed by atoms with van der Waals surface area (Å²) in [5.74, 6) is -0.834. The zero-order valence-corrected chi connectivity index (χ0v) is 8.29. The monoisotopic (exact) mass is 207 g/mol. The number of fused-ring (bicyclic) bond motifs is 1. The van der Waals surface area contributed by atoms with Crippen LogP contribution in [0.15, 0.2) is 34.0 Å². The maximum Gasteiger partial charge on any atom is 0.419 e. The molecule has 0 aliphatic carbocycles. The van der Waals surface area contributed by atoms with Crippen LogP contribution in [-0.4, -0.2) is 4.57 Å². The Hall–Kier alpha value is -1.84. The van der Waals surface area contributed by atoms with Crippen molar-refractivity contribution in [2.45, 2.75) is 6.42 Å². The van der Waals surface area contributed by atoms with Crippen LogP contribution in [0.2, 0.25) is 0 Å². The molecule has 15 heavy (non-hydrogen) atoms. The fourth-order valence-electron chi connectivity index (χ4n) is 1.63. The molecule has 4 heteroatoms. The summed E-state index contributed by atoms with van der Waals surface area (Å²) in [4.78, 5) is 11.3. The predicted octanol–water partition coefficient (Wildman–Crippen LogP) is 2.00. The summed E-state index contributed by atoms with van der Waals surface area (Å²) >= 11 is 0. The van der Waals surface area contributed by atoms with Gasteiger partial charge in [0.05, 0.1) is 5.52 Å². The first-order valence-corrected chi connectivity index (χ1v) is 4.53. The molecular weight excluding hydrogens is 197 g/mol. The first kappa shape index (κ1) is 9.71. The molecule has 3 nitrogen and oxygen atoms in total. The van der Waals surface area contributed by atoms with E-state index >= 15 is 0 Å². The average Bonchev–Trinajstić information content (AvgIpc) is 2.49. The van der Waals surface area contributed by atoms with Crippen LogP contribution in [-0.2, 0) is 13.5 Å². The molecule has 0 atom stereocenters. The molecule has 0 spiro atoms. The summed E-state index contributed by atoms with van der Waals surface area (Å²) in [6.45, 7) is 3.56. The molecular formula is C11H10FNO2. The molecule has 1 aromatic heterocycles. The molecule has 2 aromatic rings. The normalized spacial score (nSPS) is 10.8. The number of hydrogen-bond acceptors (Lipinski definition) is 2. The van der Waals surface area contributed by atoms with Crippen molar-refractivity contribution in [3.05, 3.63) is 46.7 Å². The number of rotatable bonds is 2. The second-order valence-corrected chi connectivity index (χ2v) is 3.29. The molecule has 78 valence electrons. The number of halogens is 1. The van der Waals surface area contributed by atoms with Crippen LogP contribution < -0.4 is 5.76 Å². The van der Waals surface area contributed by atoms with Crippen molar-refractivity contribution in [1.82, 2.24) is 4.57 Å². The van der Waals surface area contributed by atoms with Gasteiger partial charge in [0.25, 0.3) is 0 Å². The van der Waals surface area contributed by atoms with Crippen LogP contribution in [0.3, 0.4) is 0 Å². The topological polar surface area (TPSA) is 35.1 Å². The highest BCUT2D eigenvalue weighted by molar-refractivity contribution is 5.77. The number of oxazole rings is 1. The Morgan fingerprint density at radius 1 is 1.60 bits per heavy atom. The standard InChI is InChI=1S/C11H10FNO2/c1-3-4-7-8(12)5-6-9-10(7)13(2)11(14)15-9/h3,5-6H,1,4H2,2H3. The van der Waals surface area contributed by atoms with E-state index in [1.165, 1.54) is 16.7 Å². The molecule has 0 N–H and O–H groups in total. The van der Waals surface area contributed by atoms with E-state index in [1.54, 1.807) is 13.1 Å². The van der Waals surface area contributed by atoms with Gasteiger partial charge in [0.2, 0.25) is 0 Å². The minimum absolute atomic E-state index is 0.348. The van der Waals surface area contributed by atoms with Gasteiger partial charge in [-0.25, -0.2) is 9.18 Å². The zero-order chi connectivity index (χ0) is 11.0. The van der Waals surface area contributed by atoms with Gasteiger partial charge in [-0.1, -0.05) is 6.08 Å². The highest BCUT2D eigenvalue weighted by atomic mass is 19.1. The number of benzene rings is 1. The molecule has 0 amide bonds. The Morgan fingerprint density at radius 2 is 2.33 bits per heavy atom. The van der Waals surface area contributed by atoms with Crippen LogP contribution in [0.5, 0.6) is 0 Å². The van der Waals surface area contributed by atoms with Crippen LogP contribution in [0.1, 0.15) is 5.56 Å². The molecule has 0 bridgehead atoms. The molecule has 0 radical (unpaired) electrons. The van der Waals surface area contributed by atoms with Gasteiger partial charge < -0.3 is 4.42 Å². The fraction of sp³-hybridized carbons (Fsp3) is 0.182. The Morgan fingerprint density at radius 3 is 3.00 bits per heavy atom. The lowest BCUT2D eigenvalue weighted by Gasteiger charge is -2.02. The van der Waals surface area contributed by atoms with Crippen molar-refractivity contribution in [3.8, 4) is 0 Å². The van der Waals surface area contributed by atoms with Crippen molar-refractivity contribution in [1.29, 1.82) is 0 Å². The van der Waals surface area contributed by atoms with E-state index in [1.807, 2.05) is 0 Å². The van der Waals surface area contributed by atoms with Crippen LogP contribution in [0.4, 0.5) is 4.39 Å². The molecule has 1 heterocycles. The third-order valence-electron chi connectivity index (χ3n) is 2.34. The molecule has 0 saturated heterocycles. The minimum atomic E-state index is -0.485.